The molecule has 0 spiro atoms. The van der Waals surface area contributed by atoms with Crippen LogP contribution < -0.4 is 10.1 Å². The molecule has 1 aliphatic rings. The van der Waals surface area contributed by atoms with Gasteiger partial charge in [-0.1, -0.05) is 42.5 Å². The number of ether oxygens (including phenoxy) is 1. The predicted molar refractivity (Wildman–Crippen MR) is 131 cm³/mol. The average molecular weight is 486 g/mol. The highest BCUT2D eigenvalue weighted by molar-refractivity contribution is 6.02. The third-order valence-corrected chi connectivity index (χ3v) is 6.09. The third-order valence-electron chi connectivity index (χ3n) is 6.09. The highest BCUT2D eigenvalue weighted by atomic mass is 19.1. The number of nitrogens with zero attached hydrogens (tertiary/aromatic N) is 2. The summed E-state index contributed by atoms with van der Waals surface area (Å²) in [5.41, 5.74) is 3.60. The first kappa shape index (κ1) is 23.3. The van der Waals surface area contributed by atoms with Crippen molar-refractivity contribution in [2.75, 3.05) is 11.9 Å². The van der Waals surface area contributed by atoms with Crippen molar-refractivity contribution in [3.05, 3.63) is 113 Å². The van der Waals surface area contributed by atoms with Crippen molar-refractivity contribution in [3.63, 3.8) is 0 Å². The Morgan fingerprint density at radius 1 is 1.11 bits per heavy atom. The quantitative estimate of drug-likeness (QED) is 0.409. The molecule has 4 aromatic rings. The number of hydrogen-bond acceptors (Lipinski definition) is 5. The molecule has 3 aromatic carbocycles. The number of nitrogens with one attached hydrogen (secondary N) is 1. The van der Waals surface area contributed by atoms with Gasteiger partial charge in [0.15, 0.2) is 12.3 Å². The lowest BCUT2D eigenvalue weighted by Gasteiger charge is -2.37. The van der Waals surface area contributed by atoms with E-state index >= 15 is 0 Å². The molecule has 0 saturated heterocycles. The average Bonchev–Trinajstić information content (AvgIpc) is 3.36. The molecule has 1 unspecified atom stereocenters. The number of benzene rings is 3. The Hall–Kier alpha value is -4.46. The molecular formula is C28H24FN3O4. The molecule has 1 aliphatic heterocycles. The first-order valence-electron chi connectivity index (χ1n) is 11.6. The molecule has 7 nitrogen and oxygen atoms in total. The standard InChI is InChI=1S/C28H24FN3O4/c1-18(33)32-13-12-19-10-11-23(15-24(19)27(32)20-6-3-2-4-7-20)35-17-26-31-25(16-36-26)28(34)30-22-9-5-8-21(29)14-22/h2-11,14-16,27H,12-13,17H2,1H3,(H,30,34). The van der Waals surface area contributed by atoms with Crippen molar-refractivity contribution in [1.82, 2.24) is 9.88 Å². The van der Waals surface area contributed by atoms with Gasteiger partial charge in [-0.05, 0) is 53.4 Å². The van der Waals surface area contributed by atoms with E-state index in [-0.39, 0.29) is 30.1 Å². The predicted octanol–water partition coefficient (Wildman–Crippen LogP) is 5.14. The van der Waals surface area contributed by atoms with Crippen LogP contribution in [0.1, 0.15) is 46.0 Å². The zero-order valence-electron chi connectivity index (χ0n) is 19.6. The summed E-state index contributed by atoms with van der Waals surface area (Å²) in [6, 6.07) is 21.2. The summed E-state index contributed by atoms with van der Waals surface area (Å²) in [6.45, 7) is 2.25. The second-order valence-corrected chi connectivity index (χ2v) is 8.52. The number of halogens is 1. The number of fused-ring (bicyclic) bond motifs is 1. The Bertz CT molecular complexity index is 1400. The number of carbonyl (C=O) groups excluding carboxylic acids is 2. The van der Waals surface area contributed by atoms with E-state index in [2.05, 4.69) is 10.3 Å². The Morgan fingerprint density at radius 3 is 2.72 bits per heavy atom. The number of anilines is 1. The number of amides is 2. The summed E-state index contributed by atoms with van der Waals surface area (Å²) >= 11 is 0. The van der Waals surface area contributed by atoms with Gasteiger partial charge >= 0.3 is 0 Å². The number of carbonyl (C=O) groups is 2. The minimum absolute atomic E-state index is 0.0124. The second kappa shape index (κ2) is 10.0. The monoisotopic (exact) mass is 485 g/mol. The normalized spacial score (nSPS) is 14.7. The van der Waals surface area contributed by atoms with E-state index in [1.54, 1.807) is 13.0 Å². The van der Waals surface area contributed by atoms with Crippen LogP contribution in [0, 0.1) is 5.82 Å². The third kappa shape index (κ3) is 4.98. The number of aromatic nitrogens is 1. The van der Waals surface area contributed by atoms with Crippen molar-refractivity contribution in [3.8, 4) is 5.75 Å². The van der Waals surface area contributed by atoms with Crippen molar-refractivity contribution >= 4 is 17.5 Å². The summed E-state index contributed by atoms with van der Waals surface area (Å²) in [5.74, 6) is -0.122. The van der Waals surface area contributed by atoms with Gasteiger partial charge in [0, 0.05) is 19.2 Å². The zero-order valence-corrected chi connectivity index (χ0v) is 19.6. The maximum absolute atomic E-state index is 13.4. The van der Waals surface area contributed by atoms with Gasteiger partial charge in [0.25, 0.3) is 5.91 Å². The topological polar surface area (TPSA) is 84.7 Å². The minimum Gasteiger partial charge on any atom is -0.484 e. The lowest BCUT2D eigenvalue weighted by molar-refractivity contribution is -0.130. The summed E-state index contributed by atoms with van der Waals surface area (Å²) in [6.07, 6.45) is 2.00. The van der Waals surface area contributed by atoms with E-state index in [0.29, 0.717) is 18.0 Å². The smallest absolute Gasteiger partial charge is 0.277 e. The van der Waals surface area contributed by atoms with Crippen LogP contribution in [0.5, 0.6) is 5.75 Å². The summed E-state index contributed by atoms with van der Waals surface area (Å²) in [5, 5.41) is 2.58. The molecule has 2 heterocycles. The number of rotatable bonds is 6. The second-order valence-electron chi connectivity index (χ2n) is 8.52. The molecule has 182 valence electrons. The van der Waals surface area contributed by atoms with Crippen molar-refractivity contribution in [2.45, 2.75) is 26.0 Å². The van der Waals surface area contributed by atoms with Crippen LogP contribution in [0.4, 0.5) is 10.1 Å². The van der Waals surface area contributed by atoms with E-state index in [1.807, 2.05) is 53.4 Å². The largest absolute Gasteiger partial charge is 0.484 e. The van der Waals surface area contributed by atoms with Gasteiger partial charge in [0.2, 0.25) is 11.8 Å². The molecule has 0 aliphatic carbocycles. The van der Waals surface area contributed by atoms with Gasteiger partial charge in [-0.3, -0.25) is 9.59 Å². The lowest BCUT2D eigenvalue weighted by Crippen LogP contribution is -2.39. The van der Waals surface area contributed by atoms with Crippen molar-refractivity contribution in [1.29, 1.82) is 0 Å². The van der Waals surface area contributed by atoms with Gasteiger partial charge < -0.3 is 19.4 Å². The van der Waals surface area contributed by atoms with Crippen LogP contribution >= 0.6 is 0 Å². The molecule has 5 rings (SSSR count). The van der Waals surface area contributed by atoms with Crippen LogP contribution in [0.15, 0.2) is 83.5 Å². The van der Waals surface area contributed by atoms with E-state index in [1.165, 1.54) is 30.0 Å². The molecule has 0 radical (unpaired) electrons. The fourth-order valence-corrected chi connectivity index (χ4v) is 4.40. The molecule has 8 heteroatoms. The molecule has 0 saturated carbocycles. The Morgan fingerprint density at radius 2 is 1.94 bits per heavy atom. The molecule has 0 bridgehead atoms. The Balaban J connectivity index is 1.31. The van der Waals surface area contributed by atoms with Crippen LogP contribution in [-0.2, 0) is 17.8 Å². The summed E-state index contributed by atoms with van der Waals surface area (Å²) < 4.78 is 24.7. The molecule has 1 aromatic heterocycles. The van der Waals surface area contributed by atoms with Gasteiger partial charge in [-0.25, -0.2) is 9.37 Å². The molecule has 1 N–H and O–H groups in total. The Kier molecular flexibility index (Phi) is 6.49. The van der Waals surface area contributed by atoms with Crippen LogP contribution in [0.3, 0.4) is 0 Å². The summed E-state index contributed by atoms with van der Waals surface area (Å²) in [4.78, 5) is 30.9. The molecule has 36 heavy (non-hydrogen) atoms. The van der Waals surface area contributed by atoms with Crippen molar-refractivity contribution < 1.29 is 23.1 Å². The molecular weight excluding hydrogens is 461 g/mol. The summed E-state index contributed by atoms with van der Waals surface area (Å²) in [7, 11) is 0. The highest BCUT2D eigenvalue weighted by Crippen LogP contribution is 2.37. The van der Waals surface area contributed by atoms with Gasteiger partial charge in [-0.15, -0.1) is 0 Å². The SMILES string of the molecule is CC(=O)N1CCc2ccc(OCc3nc(C(=O)Nc4cccc(F)c4)co3)cc2C1c1ccccc1. The number of oxazole rings is 1. The maximum Gasteiger partial charge on any atom is 0.277 e. The Labute approximate surface area is 207 Å². The van der Waals surface area contributed by atoms with E-state index in [0.717, 1.165) is 17.5 Å². The van der Waals surface area contributed by atoms with Crippen LogP contribution in [-0.4, -0.2) is 28.2 Å². The number of hydrogen-bond donors (Lipinski definition) is 1. The lowest BCUT2D eigenvalue weighted by atomic mass is 9.88. The van der Waals surface area contributed by atoms with Gasteiger partial charge in [0.1, 0.15) is 17.8 Å². The van der Waals surface area contributed by atoms with Gasteiger partial charge in [-0.2, -0.15) is 0 Å². The highest BCUT2D eigenvalue weighted by Gasteiger charge is 2.30. The van der Waals surface area contributed by atoms with E-state index in [9.17, 15) is 14.0 Å². The van der Waals surface area contributed by atoms with E-state index < -0.39 is 11.7 Å². The fraction of sp³-hybridized carbons (Fsp3) is 0.179. The van der Waals surface area contributed by atoms with Crippen LogP contribution in [0.2, 0.25) is 0 Å². The minimum atomic E-state index is -0.514. The zero-order chi connectivity index (χ0) is 25.1. The first-order chi connectivity index (χ1) is 17.5. The molecule has 2 amide bonds. The fourth-order valence-electron chi connectivity index (χ4n) is 4.40. The first-order valence-corrected chi connectivity index (χ1v) is 11.6. The van der Waals surface area contributed by atoms with Crippen LogP contribution in [0.25, 0.3) is 0 Å². The van der Waals surface area contributed by atoms with E-state index in [4.69, 9.17) is 9.15 Å². The molecule has 1 atom stereocenters. The van der Waals surface area contributed by atoms with Crippen molar-refractivity contribution in [2.24, 2.45) is 0 Å². The van der Waals surface area contributed by atoms with Gasteiger partial charge in [0.05, 0.1) is 6.04 Å². The maximum atomic E-state index is 13.4. The molecule has 0 fully saturated rings.